The van der Waals surface area contributed by atoms with Gasteiger partial charge >= 0.3 is 6.03 Å². The molecular formula is C32H35N5O. The van der Waals surface area contributed by atoms with E-state index in [1.807, 2.05) is 36.1 Å². The van der Waals surface area contributed by atoms with Crippen molar-refractivity contribution in [2.75, 3.05) is 36.4 Å². The van der Waals surface area contributed by atoms with Gasteiger partial charge in [-0.1, -0.05) is 71.8 Å². The van der Waals surface area contributed by atoms with Gasteiger partial charge < -0.3 is 15.1 Å². The van der Waals surface area contributed by atoms with Gasteiger partial charge in [0.05, 0.1) is 0 Å². The molecular weight excluding hydrogens is 470 g/mol. The molecule has 3 aromatic carbocycles. The van der Waals surface area contributed by atoms with Gasteiger partial charge in [0, 0.05) is 55.1 Å². The lowest BCUT2D eigenvalue weighted by molar-refractivity contribution is 0.208. The molecule has 4 aromatic rings. The number of urea groups is 1. The number of carbonyl (C=O) groups is 1. The predicted octanol–water partition coefficient (Wildman–Crippen LogP) is 6.32. The lowest BCUT2D eigenvalue weighted by Gasteiger charge is -2.36. The topological polar surface area (TPSA) is 61.4 Å². The van der Waals surface area contributed by atoms with Crippen molar-refractivity contribution in [3.8, 4) is 11.4 Å². The molecule has 194 valence electrons. The smallest absolute Gasteiger partial charge is 0.321 e. The fourth-order valence-electron chi connectivity index (χ4n) is 5.03. The number of piperazine rings is 1. The highest BCUT2D eigenvalue weighted by Gasteiger charge is 2.25. The fraction of sp³-hybridized carbons (Fsp3) is 0.281. The van der Waals surface area contributed by atoms with Crippen molar-refractivity contribution in [2.24, 2.45) is 0 Å². The third-order valence-electron chi connectivity index (χ3n) is 7.18. The number of carbonyl (C=O) groups excluding carboxylic acids is 1. The van der Waals surface area contributed by atoms with E-state index in [2.05, 4.69) is 79.5 Å². The van der Waals surface area contributed by atoms with Crippen LogP contribution in [0.1, 0.15) is 33.5 Å². The first kappa shape index (κ1) is 25.5. The number of rotatable bonds is 5. The summed E-state index contributed by atoms with van der Waals surface area (Å²) in [6, 6.07) is 24.8. The number of nitrogens with one attached hydrogen (secondary N) is 1. The Morgan fingerprint density at radius 2 is 1.55 bits per heavy atom. The molecule has 1 fully saturated rings. The number of aryl methyl sites for hydroxylation is 4. The third kappa shape index (κ3) is 5.70. The minimum Gasteiger partial charge on any atom is -0.353 e. The van der Waals surface area contributed by atoms with E-state index in [1.165, 1.54) is 16.7 Å². The number of amides is 2. The van der Waals surface area contributed by atoms with Gasteiger partial charge in [-0.15, -0.1) is 0 Å². The molecule has 2 amide bonds. The summed E-state index contributed by atoms with van der Waals surface area (Å²) in [7, 11) is 0. The molecule has 5 rings (SSSR count). The Morgan fingerprint density at radius 3 is 2.26 bits per heavy atom. The molecule has 38 heavy (non-hydrogen) atoms. The van der Waals surface area contributed by atoms with E-state index >= 15 is 0 Å². The summed E-state index contributed by atoms with van der Waals surface area (Å²) in [5, 5.41) is 3.09. The zero-order valence-electron chi connectivity index (χ0n) is 22.7. The van der Waals surface area contributed by atoms with Gasteiger partial charge in [-0.2, -0.15) is 0 Å². The summed E-state index contributed by atoms with van der Waals surface area (Å²) in [5.41, 5.74) is 8.69. The minimum absolute atomic E-state index is 0.0552. The average Bonchev–Trinajstić information content (AvgIpc) is 2.92. The Hall–Kier alpha value is -4.19. The van der Waals surface area contributed by atoms with Crippen LogP contribution in [0.2, 0.25) is 0 Å². The van der Waals surface area contributed by atoms with Gasteiger partial charge in [0.2, 0.25) is 0 Å². The molecule has 0 bridgehead atoms. The van der Waals surface area contributed by atoms with Crippen LogP contribution in [0.5, 0.6) is 0 Å². The van der Waals surface area contributed by atoms with Crippen molar-refractivity contribution < 1.29 is 4.79 Å². The number of benzene rings is 3. The van der Waals surface area contributed by atoms with Crippen molar-refractivity contribution in [1.82, 2.24) is 14.9 Å². The zero-order valence-corrected chi connectivity index (χ0v) is 22.7. The molecule has 6 nitrogen and oxygen atoms in total. The highest BCUT2D eigenvalue weighted by molar-refractivity contribution is 5.90. The molecule has 0 unspecified atom stereocenters. The number of nitrogens with zero attached hydrogens (tertiary/aromatic N) is 4. The second-order valence-corrected chi connectivity index (χ2v) is 10.2. The van der Waals surface area contributed by atoms with Gasteiger partial charge in [0.25, 0.3) is 0 Å². The Bertz CT molecular complexity index is 1440. The number of hydrogen-bond acceptors (Lipinski definition) is 4. The van der Waals surface area contributed by atoms with Crippen molar-refractivity contribution in [3.05, 3.63) is 106 Å². The first-order chi connectivity index (χ1) is 18.4. The van der Waals surface area contributed by atoms with E-state index in [-0.39, 0.29) is 6.03 Å². The Kier molecular flexibility index (Phi) is 7.40. The molecule has 6 heteroatoms. The minimum atomic E-state index is -0.0552. The molecule has 2 heterocycles. The van der Waals surface area contributed by atoms with Crippen LogP contribution in [-0.4, -0.2) is 47.1 Å². The summed E-state index contributed by atoms with van der Waals surface area (Å²) < 4.78 is 0. The Labute approximate surface area is 225 Å². The number of aromatic nitrogens is 2. The molecule has 0 saturated carbocycles. The summed E-state index contributed by atoms with van der Waals surface area (Å²) in [6.07, 6.45) is 0.767. The normalized spacial score (nSPS) is 13.5. The van der Waals surface area contributed by atoms with Crippen LogP contribution < -0.4 is 10.2 Å². The van der Waals surface area contributed by atoms with E-state index in [0.717, 1.165) is 46.1 Å². The van der Waals surface area contributed by atoms with Gasteiger partial charge in [0.15, 0.2) is 5.82 Å². The van der Waals surface area contributed by atoms with Crippen molar-refractivity contribution in [2.45, 2.75) is 34.1 Å². The number of anilines is 2. The quantitative estimate of drug-likeness (QED) is 0.345. The van der Waals surface area contributed by atoms with Gasteiger partial charge in [-0.25, -0.2) is 14.8 Å². The van der Waals surface area contributed by atoms with Crippen LogP contribution >= 0.6 is 0 Å². The van der Waals surface area contributed by atoms with E-state index in [1.54, 1.807) is 0 Å². The first-order valence-corrected chi connectivity index (χ1v) is 13.2. The standard InChI is InChI=1S/C32H35N5O/c1-22-9-8-12-27(20-22)30-33-25(4)28(21-26-10-6-5-7-11-26)31(35-30)36-15-17-37(18-16-36)32(38)34-29-14-13-23(2)19-24(29)3/h5-14,19-20H,15-18,21H2,1-4H3,(H,34,38). The summed E-state index contributed by atoms with van der Waals surface area (Å²) >= 11 is 0. The van der Waals surface area contributed by atoms with Crippen molar-refractivity contribution in [1.29, 1.82) is 0 Å². The molecule has 0 atom stereocenters. The van der Waals surface area contributed by atoms with E-state index in [4.69, 9.17) is 9.97 Å². The summed E-state index contributed by atoms with van der Waals surface area (Å²) in [6.45, 7) is 10.9. The maximum atomic E-state index is 13.1. The van der Waals surface area contributed by atoms with Crippen molar-refractivity contribution in [3.63, 3.8) is 0 Å². The monoisotopic (exact) mass is 505 g/mol. The highest BCUT2D eigenvalue weighted by atomic mass is 16.2. The Morgan fingerprint density at radius 1 is 0.816 bits per heavy atom. The summed E-state index contributed by atoms with van der Waals surface area (Å²) in [5.74, 6) is 1.71. The maximum Gasteiger partial charge on any atom is 0.321 e. The van der Waals surface area contributed by atoms with E-state index in [9.17, 15) is 4.79 Å². The van der Waals surface area contributed by atoms with Crippen LogP contribution in [0.3, 0.4) is 0 Å². The molecule has 1 aliphatic heterocycles. The van der Waals surface area contributed by atoms with Gasteiger partial charge in [0.1, 0.15) is 5.82 Å². The molecule has 1 N–H and O–H groups in total. The molecule has 0 aliphatic carbocycles. The Balaban J connectivity index is 1.39. The van der Waals surface area contributed by atoms with Gasteiger partial charge in [-0.3, -0.25) is 0 Å². The molecule has 1 aromatic heterocycles. The van der Waals surface area contributed by atoms with Gasteiger partial charge in [-0.05, 0) is 51.0 Å². The zero-order chi connectivity index (χ0) is 26.6. The summed E-state index contributed by atoms with van der Waals surface area (Å²) in [4.78, 5) is 27.3. The van der Waals surface area contributed by atoms with Crippen LogP contribution in [0.4, 0.5) is 16.3 Å². The van der Waals surface area contributed by atoms with Crippen LogP contribution in [0.25, 0.3) is 11.4 Å². The lowest BCUT2D eigenvalue weighted by Crippen LogP contribution is -2.50. The first-order valence-electron chi connectivity index (χ1n) is 13.2. The lowest BCUT2D eigenvalue weighted by atomic mass is 10.0. The molecule has 0 radical (unpaired) electrons. The van der Waals surface area contributed by atoms with Crippen LogP contribution in [-0.2, 0) is 6.42 Å². The SMILES string of the molecule is Cc1cccc(-c2nc(C)c(Cc3ccccc3)c(N3CCN(C(=O)Nc4ccc(C)cc4C)CC3)n2)c1. The molecule has 1 saturated heterocycles. The van der Waals surface area contributed by atoms with Crippen molar-refractivity contribution >= 4 is 17.5 Å². The van der Waals surface area contributed by atoms with E-state index in [0.29, 0.717) is 26.2 Å². The average molecular weight is 506 g/mol. The maximum absolute atomic E-state index is 13.1. The second-order valence-electron chi connectivity index (χ2n) is 10.2. The molecule has 1 aliphatic rings. The number of hydrogen-bond donors (Lipinski definition) is 1. The van der Waals surface area contributed by atoms with Crippen LogP contribution in [0.15, 0.2) is 72.8 Å². The fourth-order valence-corrected chi connectivity index (χ4v) is 5.03. The second kappa shape index (κ2) is 11.1. The highest BCUT2D eigenvalue weighted by Crippen LogP contribution is 2.29. The predicted molar refractivity (Wildman–Crippen MR) is 155 cm³/mol. The largest absolute Gasteiger partial charge is 0.353 e. The third-order valence-corrected chi connectivity index (χ3v) is 7.18. The molecule has 0 spiro atoms. The van der Waals surface area contributed by atoms with E-state index < -0.39 is 0 Å². The van der Waals surface area contributed by atoms with Crippen LogP contribution in [0, 0.1) is 27.7 Å².